The minimum atomic E-state index is 0.0871. The predicted molar refractivity (Wildman–Crippen MR) is 201 cm³/mol. The first-order valence-electron chi connectivity index (χ1n) is 16.2. The quantitative estimate of drug-likeness (QED) is 0.252. The first kappa shape index (κ1) is 36.6. The minimum absolute atomic E-state index is 0.0871. The van der Waals surface area contributed by atoms with Crippen LogP contribution in [-0.4, -0.2) is 0 Å². The third kappa shape index (κ3) is 9.18. The summed E-state index contributed by atoms with van der Waals surface area (Å²) in [6.07, 6.45) is 8.39. The van der Waals surface area contributed by atoms with Crippen molar-refractivity contribution in [2.45, 2.75) is 95.4 Å². The lowest BCUT2D eigenvalue weighted by Crippen LogP contribution is -2.33. The molecule has 0 amide bonds. The van der Waals surface area contributed by atoms with Crippen molar-refractivity contribution in [2.75, 3.05) is 0 Å². The molecular formula is C44H58. The topological polar surface area (TPSA) is 0 Å². The van der Waals surface area contributed by atoms with Gasteiger partial charge in [-0.2, -0.15) is 0 Å². The standard InChI is InChI=1S/C23H32.C12H14.C9H12/c1-8-10-21-22(5,6)20(15-16-23(21,7)9-2)19-13-11-18(12-14-19)17(3)4;1-9(2)11-7-5-6-8-12(11)10(3)4;1-7-4-5-8(2)9(3)6-7/h10-15H,3,8-9,16H2,1-2,4-7H3;5-8H,1,3H2,2,4H3;4-6H,1-3H3/b21-10-;;. The van der Waals surface area contributed by atoms with Gasteiger partial charge in [0.25, 0.3) is 0 Å². The molecule has 0 heteroatoms. The molecule has 0 radical (unpaired) electrons. The van der Waals surface area contributed by atoms with E-state index in [-0.39, 0.29) is 5.41 Å². The monoisotopic (exact) mass is 586 g/mol. The summed E-state index contributed by atoms with van der Waals surface area (Å²) in [4.78, 5) is 0. The van der Waals surface area contributed by atoms with Gasteiger partial charge >= 0.3 is 0 Å². The molecule has 0 spiro atoms. The van der Waals surface area contributed by atoms with E-state index < -0.39 is 0 Å². The molecular weight excluding hydrogens is 528 g/mol. The lowest BCUT2D eigenvalue weighted by Gasteiger charge is -2.46. The fourth-order valence-electron chi connectivity index (χ4n) is 6.16. The highest BCUT2D eigenvalue weighted by molar-refractivity contribution is 5.77. The lowest BCUT2D eigenvalue weighted by atomic mass is 9.58. The Morgan fingerprint density at radius 3 is 1.68 bits per heavy atom. The van der Waals surface area contributed by atoms with Crippen LogP contribution >= 0.6 is 0 Å². The molecule has 0 heterocycles. The molecule has 3 aromatic carbocycles. The van der Waals surface area contributed by atoms with Gasteiger partial charge in [0, 0.05) is 5.41 Å². The molecule has 234 valence electrons. The van der Waals surface area contributed by atoms with Crippen LogP contribution in [0.1, 0.15) is 114 Å². The van der Waals surface area contributed by atoms with Crippen molar-refractivity contribution in [2.24, 2.45) is 10.8 Å². The van der Waals surface area contributed by atoms with Crippen LogP contribution < -0.4 is 0 Å². The van der Waals surface area contributed by atoms with E-state index in [1.54, 1.807) is 5.57 Å². The fourth-order valence-corrected chi connectivity index (χ4v) is 6.16. The van der Waals surface area contributed by atoms with Crippen molar-refractivity contribution in [3.63, 3.8) is 0 Å². The Labute approximate surface area is 271 Å². The van der Waals surface area contributed by atoms with Crippen molar-refractivity contribution < 1.29 is 0 Å². The van der Waals surface area contributed by atoms with E-state index in [0.717, 1.165) is 29.6 Å². The average Bonchev–Trinajstić information content (AvgIpc) is 2.98. The zero-order valence-electron chi connectivity index (χ0n) is 29.7. The van der Waals surface area contributed by atoms with Crippen LogP contribution in [0.5, 0.6) is 0 Å². The Morgan fingerprint density at radius 1 is 0.727 bits per heavy atom. The Balaban J connectivity index is 0.000000266. The van der Waals surface area contributed by atoms with Crippen molar-refractivity contribution in [1.29, 1.82) is 0 Å². The third-order valence-corrected chi connectivity index (χ3v) is 9.14. The second kappa shape index (κ2) is 15.9. The van der Waals surface area contributed by atoms with Gasteiger partial charge < -0.3 is 0 Å². The SMILES string of the molecule is C=C(C)c1ccc(C2=CCC(C)(CC)/C(=C\CC)C2(C)C)cc1.C=C(C)c1ccccc1C(=C)C.Cc1ccc(C)c(C)c1. The molecule has 0 N–H and O–H groups in total. The molecule has 4 rings (SSSR count). The van der Waals surface area contributed by atoms with Gasteiger partial charge in [-0.3, -0.25) is 0 Å². The van der Waals surface area contributed by atoms with E-state index in [2.05, 4.69) is 149 Å². The van der Waals surface area contributed by atoms with E-state index in [1.807, 2.05) is 26.0 Å². The number of hydrogen-bond acceptors (Lipinski definition) is 0. The summed E-state index contributed by atoms with van der Waals surface area (Å²) < 4.78 is 0. The van der Waals surface area contributed by atoms with Gasteiger partial charge in [-0.05, 0) is 105 Å². The van der Waals surface area contributed by atoms with Crippen LogP contribution in [0.15, 0.2) is 104 Å². The highest BCUT2D eigenvalue weighted by Crippen LogP contribution is 2.55. The summed E-state index contributed by atoms with van der Waals surface area (Å²) in [7, 11) is 0. The molecule has 0 saturated heterocycles. The van der Waals surface area contributed by atoms with E-state index >= 15 is 0 Å². The maximum atomic E-state index is 4.04. The van der Waals surface area contributed by atoms with Gasteiger partial charge in [-0.25, -0.2) is 0 Å². The van der Waals surface area contributed by atoms with Crippen LogP contribution in [0.3, 0.4) is 0 Å². The number of hydrogen-bond donors (Lipinski definition) is 0. The molecule has 0 nitrogen and oxygen atoms in total. The van der Waals surface area contributed by atoms with Crippen LogP contribution in [-0.2, 0) is 0 Å². The van der Waals surface area contributed by atoms with Crippen molar-refractivity contribution in [3.05, 3.63) is 143 Å². The summed E-state index contributed by atoms with van der Waals surface area (Å²) in [6.45, 7) is 36.2. The van der Waals surface area contributed by atoms with Gasteiger partial charge in [0.15, 0.2) is 0 Å². The predicted octanol–water partition coefficient (Wildman–Crippen LogP) is 13.7. The zero-order chi connectivity index (χ0) is 33.2. The summed E-state index contributed by atoms with van der Waals surface area (Å²) in [6, 6.07) is 23.6. The number of rotatable bonds is 6. The molecule has 0 aromatic heterocycles. The molecule has 0 saturated carbocycles. The van der Waals surface area contributed by atoms with E-state index in [4.69, 9.17) is 0 Å². The third-order valence-electron chi connectivity index (χ3n) is 9.14. The van der Waals surface area contributed by atoms with Gasteiger partial charge in [-0.15, -0.1) is 0 Å². The van der Waals surface area contributed by atoms with Crippen LogP contribution in [0.25, 0.3) is 22.3 Å². The van der Waals surface area contributed by atoms with Crippen LogP contribution in [0.2, 0.25) is 0 Å². The maximum absolute atomic E-state index is 4.04. The Kier molecular flexibility index (Phi) is 13.2. The van der Waals surface area contributed by atoms with Crippen LogP contribution in [0.4, 0.5) is 0 Å². The van der Waals surface area contributed by atoms with Crippen LogP contribution in [0, 0.1) is 31.6 Å². The molecule has 1 atom stereocenters. The van der Waals surface area contributed by atoms with Gasteiger partial charge in [0.1, 0.15) is 0 Å². The first-order valence-corrected chi connectivity index (χ1v) is 16.2. The van der Waals surface area contributed by atoms with Gasteiger partial charge in [0.05, 0.1) is 0 Å². The molecule has 1 aliphatic carbocycles. The summed E-state index contributed by atoms with van der Waals surface area (Å²) in [5.41, 5.74) is 15.8. The van der Waals surface area contributed by atoms with Crippen molar-refractivity contribution >= 4 is 22.3 Å². The number of allylic oxidation sites excluding steroid dienone is 7. The van der Waals surface area contributed by atoms with Gasteiger partial charge in [-0.1, -0.05) is 161 Å². The molecule has 0 aliphatic heterocycles. The summed E-state index contributed by atoms with van der Waals surface area (Å²) >= 11 is 0. The Morgan fingerprint density at radius 2 is 1.27 bits per heavy atom. The minimum Gasteiger partial charge on any atom is -0.0955 e. The number of aryl methyl sites for hydroxylation is 3. The average molecular weight is 587 g/mol. The zero-order valence-corrected chi connectivity index (χ0v) is 29.7. The smallest absolute Gasteiger partial charge is 0.0113 e. The van der Waals surface area contributed by atoms with E-state index in [9.17, 15) is 0 Å². The lowest BCUT2D eigenvalue weighted by molar-refractivity contribution is 0.310. The highest BCUT2D eigenvalue weighted by Gasteiger charge is 2.41. The normalized spacial score (nSPS) is 17.8. The Hall–Kier alpha value is -3.64. The second-order valence-corrected chi connectivity index (χ2v) is 13.4. The van der Waals surface area contributed by atoms with Crippen molar-refractivity contribution in [3.8, 4) is 0 Å². The molecule has 44 heavy (non-hydrogen) atoms. The second-order valence-electron chi connectivity index (χ2n) is 13.4. The summed E-state index contributed by atoms with van der Waals surface area (Å²) in [5, 5.41) is 0. The molecule has 0 bridgehead atoms. The van der Waals surface area contributed by atoms with E-state index in [1.165, 1.54) is 50.9 Å². The Bertz CT molecular complexity index is 1480. The molecule has 0 fully saturated rings. The number of benzene rings is 3. The highest BCUT2D eigenvalue weighted by atomic mass is 14.5. The largest absolute Gasteiger partial charge is 0.0955 e. The molecule has 1 aliphatic rings. The van der Waals surface area contributed by atoms with E-state index in [0.29, 0.717) is 5.41 Å². The fraction of sp³-hybridized carbons (Fsp3) is 0.364. The van der Waals surface area contributed by atoms with Crippen molar-refractivity contribution in [1.82, 2.24) is 0 Å². The molecule has 3 aromatic rings. The summed E-state index contributed by atoms with van der Waals surface area (Å²) in [5.74, 6) is 0. The molecule has 1 unspecified atom stereocenters. The first-order chi connectivity index (χ1) is 20.6. The maximum Gasteiger partial charge on any atom is 0.0113 e. The van der Waals surface area contributed by atoms with Gasteiger partial charge in [0.2, 0.25) is 0 Å².